The highest BCUT2D eigenvalue weighted by atomic mass is 19.4. The van der Waals surface area contributed by atoms with E-state index in [0.29, 0.717) is 5.56 Å². The Morgan fingerprint density at radius 1 is 1.38 bits per heavy atom. The molecule has 3 nitrogen and oxygen atoms in total. The summed E-state index contributed by atoms with van der Waals surface area (Å²) in [7, 11) is 0. The number of halogens is 3. The molecule has 0 fully saturated rings. The van der Waals surface area contributed by atoms with Crippen LogP contribution in [0.25, 0.3) is 0 Å². The number of ether oxygens (including phenoxy) is 1. The number of aliphatic hydroxyl groups is 1. The SMILES string of the molecule is NCC(Oc1cccc(CO)c1)C(F)(F)F. The Balaban J connectivity index is 2.78. The average molecular weight is 235 g/mol. The predicted octanol–water partition coefficient (Wildman–Crippen LogP) is 1.45. The fourth-order valence-corrected chi connectivity index (χ4v) is 1.13. The number of hydrogen-bond acceptors (Lipinski definition) is 3. The second-order valence-electron chi connectivity index (χ2n) is 3.19. The molecule has 0 aliphatic heterocycles. The van der Waals surface area contributed by atoms with Crippen LogP contribution in [-0.2, 0) is 6.61 Å². The van der Waals surface area contributed by atoms with Crippen molar-refractivity contribution < 1.29 is 23.0 Å². The minimum absolute atomic E-state index is 0.0410. The molecular weight excluding hydrogens is 223 g/mol. The minimum atomic E-state index is -4.50. The highest BCUT2D eigenvalue weighted by Gasteiger charge is 2.40. The molecule has 1 unspecified atom stereocenters. The first kappa shape index (κ1) is 12.8. The molecule has 3 N–H and O–H groups in total. The molecule has 6 heteroatoms. The summed E-state index contributed by atoms with van der Waals surface area (Å²) in [5, 5.41) is 8.81. The molecule has 0 radical (unpaired) electrons. The van der Waals surface area contributed by atoms with Gasteiger partial charge in [-0.2, -0.15) is 13.2 Å². The van der Waals surface area contributed by atoms with Gasteiger partial charge >= 0.3 is 6.18 Å². The van der Waals surface area contributed by atoms with Crippen molar-refractivity contribution >= 4 is 0 Å². The molecular formula is C10H12F3NO2. The Labute approximate surface area is 90.6 Å². The highest BCUT2D eigenvalue weighted by molar-refractivity contribution is 5.28. The number of alkyl halides is 3. The first-order valence-electron chi connectivity index (χ1n) is 4.60. The Kier molecular flexibility index (Phi) is 4.14. The smallest absolute Gasteiger partial charge is 0.426 e. The molecule has 0 aliphatic carbocycles. The summed E-state index contributed by atoms with van der Waals surface area (Å²) in [6.45, 7) is -0.899. The van der Waals surface area contributed by atoms with Crippen molar-refractivity contribution in [2.45, 2.75) is 18.9 Å². The quantitative estimate of drug-likeness (QED) is 0.830. The molecule has 0 saturated carbocycles. The Bertz CT molecular complexity index is 341. The van der Waals surface area contributed by atoms with Gasteiger partial charge in [0.2, 0.25) is 6.10 Å². The molecule has 0 aliphatic rings. The van der Waals surface area contributed by atoms with E-state index in [1.54, 1.807) is 6.07 Å². The van der Waals surface area contributed by atoms with Crippen LogP contribution in [0.2, 0.25) is 0 Å². The summed E-state index contributed by atoms with van der Waals surface area (Å²) < 4.78 is 41.7. The van der Waals surface area contributed by atoms with E-state index in [1.165, 1.54) is 18.2 Å². The van der Waals surface area contributed by atoms with Crippen LogP contribution in [0, 0.1) is 0 Å². The standard InChI is InChI=1S/C10H12F3NO2/c11-10(12,13)9(5-14)16-8-3-1-2-7(4-8)6-15/h1-4,9,15H,5-6,14H2. The normalized spacial score (nSPS) is 13.6. The molecule has 1 atom stereocenters. The zero-order valence-electron chi connectivity index (χ0n) is 8.37. The third-order valence-corrected chi connectivity index (χ3v) is 1.94. The van der Waals surface area contributed by atoms with Crippen LogP contribution in [0.15, 0.2) is 24.3 Å². The van der Waals surface area contributed by atoms with Crippen molar-refractivity contribution in [3.63, 3.8) is 0 Å². The lowest BCUT2D eigenvalue weighted by atomic mass is 10.2. The molecule has 16 heavy (non-hydrogen) atoms. The lowest BCUT2D eigenvalue weighted by Crippen LogP contribution is -2.40. The Hall–Kier alpha value is -1.27. The number of hydrogen-bond donors (Lipinski definition) is 2. The van der Waals surface area contributed by atoms with E-state index >= 15 is 0 Å². The zero-order chi connectivity index (χ0) is 12.2. The van der Waals surface area contributed by atoms with Crippen molar-refractivity contribution in [2.24, 2.45) is 5.73 Å². The molecule has 0 bridgehead atoms. The maximum Gasteiger partial charge on any atom is 0.426 e. The molecule has 90 valence electrons. The van der Waals surface area contributed by atoms with Gasteiger partial charge in [-0.05, 0) is 17.7 Å². The minimum Gasteiger partial charge on any atom is -0.480 e. The van der Waals surface area contributed by atoms with Crippen LogP contribution < -0.4 is 10.5 Å². The van der Waals surface area contributed by atoms with Gasteiger partial charge in [0.25, 0.3) is 0 Å². The summed E-state index contributed by atoms with van der Waals surface area (Å²) in [6.07, 6.45) is -6.52. The van der Waals surface area contributed by atoms with E-state index < -0.39 is 18.8 Å². The zero-order valence-corrected chi connectivity index (χ0v) is 8.37. The fraction of sp³-hybridized carbons (Fsp3) is 0.400. The van der Waals surface area contributed by atoms with E-state index in [2.05, 4.69) is 0 Å². The summed E-state index contributed by atoms with van der Waals surface area (Å²) in [5.41, 5.74) is 5.46. The maximum atomic E-state index is 12.3. The molecule has 0 aromatic heterocycles. The molecule has 0 saturated heterocycles. The van der Waals surface area contributed by atoms with Crippen LogP contribution in [0.1, 0.15) is 5.56 Å². The maximum absolute atomic E-state index is 12.3. The monoisotopic (exact) mass is 235 g/mol. The second-order valence-corrected chi connectivity index (χ2v) is 3.19. The van der Waals surface area contributed by atoms with E-state index in [-0.39, 0.29) is 12.4 Å². The third kappa shape index (κ3) is 3.39. The number of nitrogens with two attached hydrogens (primary N) is 1. The second kappa shape index (κ2) is 5.18. The molecule has 1 aromatic carbocycles. The van der Waals surface area contributed by atoms with E-state index in [4.69, 9.17) is 15.6 Å². The molecule has 1 rings (SSSR count). The fourth-order valence-electron chi connectivity index (χ4n) is 1.13. The molecule has 0 heterocycles. The van der Waals surface area contributed by atoms with Crippen molar-refractivity contribution in [2.75, 3.05) is 6.54 Å². The van der Waals surface area contributed by atoms with Gasteiger partial charge in [-0.25, -0.2) is 0 Å². The van der Waals surface area contributed by atoms with Crippen molar-refractivity contribution in [3.8, 4) is 5.75 Å². The average Bonchev–Trinajstić information content (AvgIpc) is 2.24. The summed E-state index contributed by atoms with van der Waals surface area (Å²) in [4.78, 5) is 0. The van der Waals surface area contributed by atoms with Crippen molar-refractivity contribution in [1.82, 2.24) is 0 Å². The van der Waals surface area contributed by atoms with Crippen molar-refractivity contribution in [3.05, 3.63) is 29.8 Å². The number of rotatable bonds is 4. The molecule has 1 aromatic rings. The van der Waals surface area contributed by atoms with Gasteiger partial charge < -0.3 is 15.6 Å². The number of benzene rings is 1. The van der Waals surface area contributed by atoms with Crippen LogP contribution >= 0.6 is 0 Å². The summed E-state index contributed by atoms with van der Waals surface area (Å²) >= 11 is 0. The topological polar surface area (TPSA) is 55.5 Å². The van der Waals surface area contributed by atoms with E-state index in [9.17, 15) is 13.2 Å². The molecule has 0 spiro atoms. The first-order valence-corrected chi connectivity index (χ1v) is 4.60. The summed E-state index contributed by atoms with van der Waals surface area (Å²) in [5.74, 6) is 0.0410. The lowest BCUT2D eigenvalue weighted by Gasteiger charge is -2.20. The first-order chi connectivity index (χ1) is 7.47. The van der Waals surface area contributed by atoms with Gasteiger partial charge in [-0.15, -0.1) is 0 Å². The van der Waals surface area contributed by atoms with Crippen LogP contribution in [0.4, 0.5) is 13.2 Å². The van der Waals surface area contributed by atoms with E-state index in [1.807, 2.05) is 0 Å². The predicted molar refractivity (Wildman–Crippen MR) is 51.9 cm³/mol. The van der Waals surface area contributed by atoms with Gasteiger partial charge in [0, 0.05) is 6.54 Å². The third-order valence-electron chi connectivity index (χ3n) is 1.94. The molecule has 0 amide bonds. The van der Waals surface area contributed by atoms with Gasteiger partial charge in [0.15, 0.2) is 0 Å². The van der Waals surface area contributed by atoms with Crippen LogP contribution in [0.3, 0.4) is 0 Å². The van der Waals surface area contributed by atoms with E-state index in [0.717, 1.165) is 0 Å². The lowest BCUT2D eigenvalue weighted by molar-refractivity contribution is -0.191. The largest absolute Gasteiger partial charge is 0.480 e. The van der Waals surface area contributed by atoms with Crippen LogP contribution in [-0.4, -0.2) is 23.9 Å². The summed E-state index contributed by atoms with van der Waals surface area (Å²) in [6, 6.07) is 5.81. The van der Waals surface area contributed by atoms with Gasteiger partial charge in [-0.1, -0.05) is 12.1 Å². The Morgan fingerprint density at radius 2 is 2.06 bits per heavy atom. The highest BCUT2D eigenvalue weighted by Crippen LogP contribution is 2.25. The Morgan fingerprint density at radius 3 is 2.56 bits per heavy atom. The van der Waals surface area contributed by atoms with Crippen molar-refractivity contribution in [1.29, 1.82) is 0 Å². The van der Waals surface area contributed by atoms with Gasteiger partial charge in [0.05, 0.1) is 6.61 Å². The number of aliphatic hydroxyl groups excluding tert-OH is 1. The van der Waals surface area contributed by atoms with Crippen LogP contribution in [0.5, 0.6) is 5.75 Å². The van der Waals surface area contributed by atoms with Gasteiger partial charge in [-0.3, -0.25) is 0 Å². The van der Waals surface area contributed by atoms with Gasteiger partial charge in [0.1, 0.15) is 5.75 Å².